The average molecular weight is 233 g/mol. The fraction of sp³-hybridized carbons (Fsp3) is 0.385. The van der Waals surface area contributed by atoms with Gasteiger partial charge in [-0.2, -0.15) is 0 Å². The van der Waals surface area contributed by atoms with Gasteiger partial charge in [0.2, 0.25) is 0 Å². The molecule has 0 aliphatic heterocycles. The minimum absolute atomic E-state index is 0.148. The number of rotatable bonds is 2. The van der Waals surface area contributed by atoms with Crippen molar-refractivity contribution in [1.82, 2.24) is 4.98 Å². The molecule has 0 aliphatic rings. The Hall–Kier alpha value is -1.27. The van der Waals surface area contributed by atoms with Gasteiger partial charge >= 0.3 is 0 Å². The topological polar surface area (TPSA) is 30.0 Å². The minimum Gasteiger partial charge on any atom is -0.288 e. The molecule has 0 aliphatic carbocycles. The quantitative estimate of drug-likeness (QED) is 0.581. The lowest BCUT2D eigenvalue weighted by Gasteiger charge is -1.97. The van der Waals surface area contributed by atoms with Crippen LogP contribution in [0.3, 0.4) is 0 Å². The fourth-order valence-corrected chi connectivity index (χ4v) is 1.71. The van der Waals surface area contributed by atoms with Crippen molar-refractivity contribution < 1.29 is 4.79 Å². The molecule has 0 spiro atoms. The Morgan fingerprint density at radius 1 is 1.44 bits per heavy atom. The molecule has 1 aromatic heterocycles. The standard InChI is InChI=1S/C13H15NOS/c1-10-7-8-13(11(2)14-10)6-4-5-9-16-12(3)15/h7-8H,5,9H2,1-3H3. The molecular formula is C13H15NOS. The van der Waals surface area contributed by atoms with E-state index >= 15 is 0 Å². The molecule has 0 radical (unpaired) electrons. The lowest BCUT2D eigenvalue weighted by molar-refractivity contribution is -0.109. The van der Waals surface area contributed by atoms with Crippen molar-refractivity contribution >= 4 is 16.9 Å². The third kappa shape index (κ3) is 4.50. The first kappa shape index (κ1) is 12.8. The van der Waals surface area contributed by atoms with E-state index in [2.05, 4.69) is 16.8 Å². The molecule has 84 valence electrons. The van der Waals surface area contributed by atoms with Gasteiger partial charge in [0.25, 0.3) is 0 Å². The van der Waals surface area contributed by atoms with Crippen LogP contribution in [-0.2, 0) is 4.79 Å². The van der Waals surface area contributed by atoms with Crippen LogP contribution in [0.25, 0.3) is 0 Å². The summed E-state index contributed by atoms with van der Waals surface area (Å²) in [6.07, 6.45) is 0.734. The summed E-state index contributed by atoms with van der Waals surface area (Å²) in [5.74, 6) is 6.90. The van der Waals surface area contributed by atoms with Gasteiger partial charge in [0.05, 0.1) is 5.69 Å². The molecule has 0 saturated carbocycles. The Kier molecular flexibility index (Phi) is 5.07. The Bertz CT molecular complexity index is 443. The number of hydrogen-bond acceptors (Lipinski definition) is 3. The van der Waals surface area contributed by atoms with Crippen molar-refractivity contribution in [3.8, 4) is 11.8 Å². The Balaban J connectivity index is 2.53. The van der Waals surface area contributed by atoms with Gasteiger partial charge in [-0.3, -0.25) is 9.78 Å². The first-order valence-corrected chi connectivity index (χ1v) is 6.14. The SMILES string of the molecule is CC(=O)SCCC#Cc1ccc(C)nc1C. The van der Waals surface area contributed by atoms with Crippen LogP contribution >= 0.6 is 11.8 Å². The monoisotopic (exact) mass is 233 g/mol. The molecule has 0 amide bonds. The molecule has 1 aromatic rings. The molecule has 0 atom stereocenters. The molecule has 2 nitrogen and oxygen atoms in total. The Morgan fingerprint density at radius 2 is 2.19 bits per heavy atom. The van der Waals surface area contributed by atoms with Gasteiger partial charge in [0.1, 0.15) is 0 Å². The maximum Gasteiger partial charge on any atom is 0.185 e. The van der Waals surface area contributed by atoms with Crippen molar-refractivity contribution in [2.45, 2.75) is 27.2 Å². The normalized spacial score (nSPS) is 9.44. The fourth-order valence-electron chi connectivity index (χ4n) is 1.22. The van der Waals surface area contributed by atoms with E-state index in [0.717, 1.165) is 29.1 Å². The zero-order valence-corrected chi connectivity index (χ0v) is 10.6. The molecule has 0 bridgehead atoms. The van der Waals surface area contributed by atoms with Crippen molar-refractivity contribution in [3.63, 3.8) is 0 Å². The molecule has 1 rings (SSSR count). The smallest absolute Gasteiger partial charge is 0.185 e. The van der Waals surface area contributed by atoms with Crippen LogP contribution in [-0.4, -0.2) is 15.9 Å². The van der Waals surface area contributed by atoms with E-state index in [1.807, 2.05) is 26.0 Å². The van der Waals surface area contributed by atoms with Gasteiger partial charge in [-0.05, 0) is 26.0 Å². The Morgan fingerprint density at radius 3 is 2.81 bits per heavy atom. The van der Waals surface area contributed by atoms with E-state index in [9.17, 15) is 4.79 Å². The second-order valence-corrected chi connectivity index (χ2v) is 4.75. The predicted molar refractivity (Wildman–Crippen MR) is 68.3 cm³/mol. The minimum atomic E-state index is 0.148. The van der Waals surface area contributed by atoms with E-state index < -0.39 is 0 Å². The number of carbonyl (C=O) groups is 1. The highest BCUT2D eigenvalue weighted by Gasteiger charge is 1.95. The summed E-state index contributed by atoms with van der Waals surface area (Å²) in [7, 11) is 0. The van der Waals surface area contributed by atoms with Crippen molar-refractivity contribution in [2.75, 3.05) is 5.75 Å². The number of hydrogen-bond donors (Lipinski definition) is 0. The van der Waals surface area contributed by atoms with Crippen LogP contribution in [0, 0.1) is 25.7 Å². The maximum atomic E-state index is 10.7. The third-order valence-corrected chi connectivity index (χ3v) is 2.80. The first-order chi connectivity index (χ1) is 7.59. The molecular weight excluding hydrogens is 218 g/mol. The summed E-state index contributed by atoms with van der Waals surface area (Å²) < 4.78 is 0. The van der Waals surface area contributed by atoms with Crippen LogP contribution in [0.15, 0.2) is 12.1 Å². The molecule has 1 heterocycles. The number of thioether (sulfide) groups is 1. The van der Waals surface area contributed by atoms with Crippen LogP contribution < -0.4 is 0 Å². The summed E-state index contributed by atoms with van der Waals surface area (Å²) in [4.78, 5) is 15.0. The van der Waals surface area contributed by atoms with E-state index in [-0.39, 0.29) is 5.12 Å². The number of nitrogens with zero attached hydrogens (tertiary/aromatic N) is 1. The lowest BCUT2D eigenvalue weighted by atomic mass is 10.2. The van der Waals surface area contributed by atoms with Crippen molar-refractivity contribution in [1.29, 1.82) is 0 Å². The number of aryl methyl sites for hydroxylation is 2. The van der Waals surface area contributed by atoms with Gasteiger partial charge < -0.3 is 0 Å². The maximum absolute atomic E-state index is 10.7. The number of aromatic nitrogens is 1. The zero-order valence-electron chi connectivity index (χ0n) is 9.83. The summed E-state index contributed by atoms with van der Waals surface area (Å²) in [5, 5.41) is 0.148. The molecule has 0 N–H and O–H groups in total. The lowest BCUT2D eigenvalue weighted by Crippen LogP contribution is -1.90. The van der Waals surface area contributed by atoms with Gasteiger partial charge in [-0.15, -0.1) is 0 Å². The molecule has 0 aromatic carbocycles. The second-order valence-electron chi connectivity index (χ2n) is 3.48. The third-order valence-electron chi connectivity index (χ3n) is 1.98. The first-order valence-electron chi connectivity index (χ1n) is 5.16. The van der Waals surface area contributed by atoms with E-state index in [4.69, 9.17) is 0 Å². The molecule has 0 fully saturated rings. The molecule has 3 heteroatoms. The zero-order chi connectivity index (χ0) is 12.0. The average Bonchev–Trinajstić information content (AvgIpc) is 2.20. The summed E-state index contributed by atoms with van der Waals surface area (Å²) in [5.41, 5.74) is 2.94. The molecule has 16 heavy (non-hydrogen) atoms. The van der Waals surface area contributed by atoms with E-state index in [0.29, 0.717) is 0 Å². The van der Waals surface area contributed by atoms with Gasteiger partial charge in [-0.25, -0.2) is 0 Å². The summed E-state index contributed by atoms with van der Waals surface area (Å²) in [6.45, 7) is 5.50. The summed E-state index contributed by atoms with van der Waals surface area (Å²) in [6, 6.07) is 3.95. The number of carbonyl (C=O) groups excluding carboxylic acids is 1. The van der Waals surface area contributed by atoms with Crippen molar-refractivity contribution in [2.24, 2.45) is 0 Å². The van der Waals surface area contributed by atoms with Crippen LogP contribution in [0.5, 0.6) is 0 Å². The van der Waals surface area contributed by atoms with Gasteiger partial charge in [-0.1, -0.05) is 23.6 Å². The highest BCUT2D eigenvalue weighted by Crippen LogP contribution is 2.05. The van der Waals surface area contributed by atoms with Crippen molar-refractivity contribution in [3.05, 3.63) is 29.1 Å². The number of pyridine rings is 1. The van der Waals surface area contributed by atoms with Crippen LogP contribution in [0.4, 0.5) is 0 Å². The predicted octanol–water partition coefficient (Wildman–Crippen LogP) is 2.72. The Labute approximate surface area is 101 Å². The van der Waals surface area contributed by atoms with Crippen LogP contribution in [0.1, 0.15) is 30.3 Å². The van der Waals surface area contributed by atoms with E-state index in [1.54, 1.807) is 6.92 Å². The van der Waals surface area contributed by atoms with Gasteiger partial charge in [0.15, 0.2) is 5.12 Å². The highest BCUT2D eigenvalue weighted by atomic mass is 32.2. The molecule has 0 unspecified atom stereocenters. The van der Waals surface area contributed by atoms with Crippen LogP contribution in [0.2, 0.25) is 0 Å². The van der Waals surface area contributed by atoms with E-state index in [1.165, 1.54) is 11.8 Å². The van der Waals surface area contributed by atoms with Gasteiger partial charge in [0, 0.05) is 30.4 Å². The molecule has 0 saturated heterocycles. The second kappa shape index (κ2) is 6.34. The summed E-state index contributed by atoms with van der Waals surface area (Å²) >= 11 is 1.32. The largest absolute Gasteiger partial charge is 0.288 e. The highest BCUT2D eigenvalue weighted by molar-refractivity contribution is 8.13.